The first-order valence-corrected chi connectivity index (χ1v) is 9.40. The maximum absolute atomic E-state index is 12.2. The molecule has 1 N–H and O–H groups in total. The molecule has 0 bridgehead atoms. The van der Waals surface area contributed by atoms with Gasteiger partial charge in [0.25, 0.3) is 0 Å². The highest BCUT2D eigenvalue weighted by Gasteiger charge is 2.17. The number of ether oxygens (including phenoxy) is 1. The Morgan fingerprint density at radius 3 is 2.66 bits per heavy atom. The zero-order chi connectivity index (χ0) is 20.5. The molecule has 0 fully saturated rings. The number of benzene rings is 2. The molecule has 2 aromatic carbocycles. The van der Waals surface area contributed by atoms with Crippen LogP contribution in [-0.4, -0.2) is 25.5 Å². The number of aryl methyl sites for hydroxylation is 1. The van der Waals surface area contributed by atoms with Crippen LogP contribution in [0.15, 0.2) is 46.0 Å². The van der Waals surface area contributed by atoms with Crippen LogP contribution in [0.2, 0.25) is 10.0 Å². The number of nitrogens with zero attached hydrogens (tertiary/aromatic N) is 3. The summed E-state index contributed by atoms with van der Waals surface area (Å²) in [7, 11) is 0. The van der Waals surface area contributed by atoms with Gasteiger partial charge >= 0.3 is 5.76 Å². The lowest BCUT2D eigenvalue weighted by Crippen LogP contribution is -2.08. The van der Waals surface area contributed by atoms with Crippen molar-refractivity contribution in [1.82, 2.24) is 19.7 Å². The van der Waals surface area contributed by atoms with Gasteiger partial charge in [-0.2, -0.15) is 0 Å². The van der Waals surface area contributed by atoms with Crippen LogP contribution in [-0.2, 0) is 13.0 Å². The lowest BCUT2D eigenvalue weighted by Gasteiger charge is -2.12. The van der Waals surface area contributed by atoms with E-state index in [4.69, 9.17) is 27.9 Å². The number of fused-ring (bicyclic) bond motifs is 1. The van der Waals surface area contributed by atoms with Gasteiger partial charge in [0.2, 0.25) is 11.6 Å². The average Bonchev–Trinajstić information content (AvgIpc) is 3.30. The molecule has 0 radical (unpaired) electrons. The predicted molar refractivity (Wildman–Crippen MR) is 107 cm³/mol. The number of H-pyrrole nitrogens is 1. The van der Waals surface area contributed by atoms with E-state index in [1.807, 2.05) is 23.6 Å². The van der Waals surface area contributed by atoms with Gasteiger partial charge in [0.1, 0.15) is 5.75 Å². The summed E-state index contributed by atoms with van der Waals surface area (Å²) in [4.78, 5) is 29.7. The number of nitrogens with one attached hydrogen (secondary N) is 1. The van der Waals surface area contributed by atoms with Gasteiger partial charge in [0.15, 0.2) is 5.75 Å². The van der Waals surface area contributed by atoms with E-state index in [2.05, 4.69) is 19.6 Å². The largest absolute Gasteiger partial charge is 0.454 e. The number of aromatic amines is 1. The summed E-state index contributed by atoms with van der Waals surface area (Å²) in [5.74, 6) is -0.560. The van der Waals surface area contributed by atoms with Crippen molar-refractivity contribution >= 4 is 40.0 Å². The summed E-state index contributed by atoms with van der Waals surface area (Å²) in [5.41, 5.74) is 2.33. The highest BCUT2D eigenvalue weighted by molar-refractivity contribution is 6.37. The van der Waals surface area contributed by atoms with Crippen LogP contribution < -0.4 is 10.5 Å². The van der Waals surface area contributed by atoms with Crippen molar-refractivity contribution in [3.05, 3.63) is 68.6 Å². The number of halogens is 2. The Bertz CT molecular complexity index is 1250. The second-order valence-electron chi connectivity index (χ2n) is 6.22. The summed E-state index contributed by atoms with van der Waals surface area (Å²) in [6.07, 6.45) is 1.70. The van der Waals surface area contributed by atoms with E-state index in [0.29, 0.717) is 11.3 Å². The maximum Gasteiger partial charge on any atom is 0.439 e. The van der Waals surface area contributed by atoms with E-state index in [9.17, 15) is 9.59 Å². The zero-order valence-electron chi connectivity index (χ0n) is 15.1. The molecular weight excluding hydrogens is 419 g/mol. The first-order chi connectivity index (χ1) is 13.9. The molecule has 4 aromatic rings. The van der Waals surface area contributed by atoms with Crippen LogP contribution >= 0.6 is 23.2 Å². The first-order valence-electron chi connectivity index (χ1n) is 8.64. The van der Waals surface area contributed by atoms with E-state index >= 15 is 0 Å². The zero-order valence-corrected chi connectivity index (χ0v) is 16.6. The van der Waals surface area contributed by atoms with Gasteiger partial charge < -0.3 is 9.30 Å². The van der Waals surface area contributed by atoms with Crippen LogP contribution in [0.4, 0.5) is 0 Å². The average molecular weight is 433 g/mol. The molecule has 148 valence electrons. The highest BCUT2D eigenvalue weighted by Crippen LogP contribution is 2.38. The van der Waals surface area contributed by atoms with Gasteiger partial charge in [-0.1, -0.05) is 28.4 Å². The number of rotatable bonds is 6. The van der Waals surface area contributed by atoms with Crippen LogP contribution in [0.25, 0.3) is 11.0 Å². The molecule has 8 nitrogen and oxygen atoms in total. The fourth-order valence-electron chi connectivity index (χ4n) is 2.90. The summed E-state index contributed by atoms with van der Waals surface area (Å²) in [6.45, 7) is 2.80. The third kappa shape index (κ3) is 3.90. The third-order valence-electron chi connectivity index (χ3n) is 4.28. The molecule has 0 amide bonds. The highest BCUT2D eigenvalue weighted by atomic mass is 35.5. The fraction of sp³-hybridized carbons (Fsp3) is 0.158. The van der Waals surface area contributed by atoms with Crippen molar-refractivity contribution in [3.63, 3.8) is 0 Å². The fourth-order valence-corrected chi connectivity index (χ4v) is 3.51. The molecule has 0 unspecified atom stereocenters. The Morgan fingerprint density at radius 2 is 2.00 bits per heavy atom. The molecule has 0 spiro atoms. The minimum Gasteiger partial charge on any atom is -0.454 e. The Hall–Kier alpha value is -3.10. The second kappa shape index (κ2) is 7.73. The molecule has 0 aliphatic rings. The van der Waals surface area contributed by atoms with Crippen molar-refractivity contribution in [2.45, 2.75) is 19.9 Å². The van der Waals surface area contributed by atoms with E-state index in [1.54, 1.807) is 24.5 Å². The van der Waals surface area contributed by atoms with Crippen molar-refractivity contribution in [1.29, 1.82) is 0 Å². The summed E-state index contributed by atoms with van der Waals surface area (Å²) >= 11 is 12.7. The van der Waals surface area contributed by atoms with E-state index in [-0.39, 0.29) is 28.0 Å². The Labute approximate surface area is 174 Å². The minimum atomic E-state index is -0.797. The van der Waals surface area contributed by atoms with Crippen molar-refractivity contribution in [2.75, 3.05) is 0 Å². The van der Waals surface area contributed by atoms with Crippen LogP contribution in [0.1, 0.15) is 23.1 Å². The number of ketones is 1. The van der Waals surface area contributed by atoms with Crippen LogP contribution in [0.3, 0.4) is 0 Å². The summed E-state index contributed by atoms with van der Waals surface area (Å²) in [6, 6.07) is 8.64. The first kappa shape index (κ1) is 19.2. The predicted octanol–water partition coefficient (Wildman–Crippen LogP) is 4.26. The molecule has 10 heteroatoms. The number of carbonyl (C=O) groups excluding carboxylic acids is 1. The number of aromatic nitrogens is 4. The number of Topliss-reactive ketones (excluding diaryl/α,β-unsaturated/α-hetero) is 1. The summed E-state index contributed by atoms with van der Waals surface area (Å²) < 4.78 is 12.2. The summed E-state index contributed by atoms with van der Waals surface area (Å²) in [5, 5.41) is 3.87. The smallest absolute Gasteiger partial charge is 0.439 e. The van der Waals surface area contributed by atoms with E-state index in [1.165, 1.54) is 0 Å². The number of carbonyl (C=O) groups is 1. The van der Waals surface area contributed by atoms with Gasteiger partial charge in [0.05, 0.1) is 27.4 Å². The quantitative estimate of drug-likeness (QED) is 0.456. The molecule has 0 aliphatic carbocycles. The number of imidazole rings is 1. The topological polar surface area (TPSA) is 103 Å². The van der Waals surface area contributed by atoms with E-state index < -0.39 is 11.5 Å². The maximum atomic E-state index is 12.2. The van der Waals surface area contributed by atoms with E-state index in [0.717, 1.165) is 17.6 Å². The van der Waals surface area contributed by atoms with Crippen LogP contribution in [0.5, 0.6) is 11.5 Å². The normalized spacial score (nSPS) is 11.1. The van der Waals surface area contributed by atoms with Gasteiger partial charge in [-0.3, -0.25) is 14.3 Å². The standard InChI is InChI=1S/C19H14Cl2N4O4/c1-2-25-9-22-14-4-3-11(8-15(14)25)28-17-12(20)5-10(6-13(17)21)7-16(26)18-23-19(27)29-24-18/h3-6,8-9H,2,7H2,1H3,(H,23,24,27). The van der Waals surface area contributed by atoms with Crippen molar-refractivity contribution in [3.8, 4) is 11.5 Å². The van der Waals surface area contributed by atoms with Gasteiger partial charge in [-0.25, -0.2) is 9.78 Å². The van der Waals surface area contributed by atoms with Gasteiger partial charge in [-0.05, 0) is 36.8 Å². The molecular formula is C19H14Cl2N4O4. The molecule has 2 aromatic heterocycles. The lowest BCUT2D eigenvalue weighted by atomic mass is 10.1. The molecule has 0 saturated carbocycles. The number of hydrogen-bond acceptors (Lipinski definition) is 6. The Morgan fingerprint density at radius 1 is 1.24 bits per heavy atom. The molecule has 29 heavy (non-hydrogen) atoms. The van der Waals surface area contributed by atoms with Crippen molar-refractivity contribution in [2.24, 2.45) is 0 Å². The lowest BCUT2D eigenvalue weighted by molar-refractivity contribution is 0.0980. The molecule has 0 atom stereocenters. The third-order valence-corrected chi connectivity index (χ3v) is 4.84. The van der Waals surface area contributed by atoms with Gasteiger partial charge in [0, 0.05) is 19.0 Å². The van der Waals surface area contributed by atoms with Crippen molar-refractivity contribution < 1.29 is 14.1 Å². The minimum absolute atomic E-state index is 0.0656. The van der Waals surface area contributed by atoms with Gasteiger partial charge in [-0.15, -0.1) is 0 Å². The second-order valence-corrected chi connectivity index (χ2v) is 7.03. The molecule has 4 rings (SSSR count). The molecule has 0 aliphatic heterocycles. The Kier molecular flexibility index (Phi) is 5.12. The SMILES string of the molecule is CCn1cnc2ccc(Oc3c(Cl)cc(CC(=O)c4noc(=O)[nH]4)cc3Cl)cc21. The molecule has 2 heterocycles. The number of hydrogen-bond donors (Lipinski definition) is 1. The monoisotopic (exact) mass is 432 g/mol. The molecule has 0 saturated heterocycles. The Balaban J connectivity index is 1.59. The van der Waals surface area contributed by atoms with Crippen LogP contribution in [0, 0.1) is 0 Å².